The number of imidazole rings is 1. The number of amides is 3. The Morgan fingerprint density at radius 2 is 1.64 bits per heavy atom. The second-order valence-electron chi connectivity index (χ2n) is 19.8. The van der Waals surface area contributed by atoms with Crippen LogP contribution in [-0.2, 0) is 38.5 Å². The number of hydrogen-bond acceptors (Lipinski definition) is 11. The van der Waals surface area contributed by atoms with Crippen molar-refractivity contribution in [2.24, 2.45) is 12.5 Å². The van der Waals surface area contributed by atoms with E-state index in [1.165, 1.54) is 24.8 Å². The fraction of sp³-hybridized carbons (Fsp3) is 0.404. The molecule has 3 amide bonds. The van der Waals surface area contributed by atoms with E-state index in [4.69, 9.17) is 21.7 Å². The normalized spacial score (nSPS) is 17.8. The number of alkyl halides is 6. The number of halogens is 8. The van der Waals surface area contributed by atoms with Crippen molar-refractivity contribution in [2.75, 3.05) is 36.2 Å². The van der Waals surface area contributed by atoms with Gasteiger partial charge in [-0.3, -0.25) is 24.3 Å². The van der Waals surface area contributed by atoms with Crippen molar-refractivity contribution < 1.29 is 69.2 Å². The van der Waals surface area contributed by atoms with E-state index in [9.17, 15) is 56.2 Å². The van der Waals surface area contributed by atoms with Crippen LogP contribution in [0.5, 0.6) is 5.75 Å². The summed E-state index contributed by atoms with van der Waals surface area (Å²) in [5.74, 6) is -5.39. The molecule has 0 spiro atoms. The van der Waals surface area contributed by atoms with Crippen LogP contribution in [0.2, 0.25) is 0 Å². The molecule has 5 aromatic rings. The molecule has 3 aromatic carbocycles. The lowest BCUT2D eigenvalue weighted by atomic mass is 9.85. The first-order chi connectivity index (χ1) is 35.6. The Kier molecular flexibility index (Phi) is 16.3. The van der Waals surface area contributed by atoms with Crippen molar-refractivity contribution in [1.29, 1.82) is 5.26 Å². The molecule has 3 N–H and O–H groups in total. The number of aromatic nitrogens is 3. The number of thiocarbonyl (C=S) groups is 1. The minimum absolute atomic E-state index is 0.0245. The Morgan fingerprint density at radius 1 is 0.961 bits per heavy atom. The van der Waals surface area contributed by atoms with Crippen molar-refractivity contribution in [1.82, 2.24) is 24.8 Å². The first-order valence-corrected chi connectivity index (χ1v) is 24.1. The average Bonchev–Trinajstić information content (AvgIpc) is 4.00. The van der Waals surface area contributed by atoms with Crippen LogP contribution in [0.4, 0.5) is 46.5 Å². The monoisotopic (exact) mass is 1080 g/mol. The van der Waals surface area contributed by atoms with Crippen LogP contribution in [0.15, 0.2) is 79.1 Å². The zero-order valence-electron chi connectivity index (χ0n) is 41.8. The van der Waals surface area contributed by atoms with Crippen molar-refractivity contribution in [3.63, 3.8) is 0 Å². The highest BCUT2D eigenvalue weighted by molar-refractivity contribution is 7.81. The van der Waals surface area contributed by atoms with Crippen molar-refractivity contribution >= 4 is 46.4 Å². The highest BCUT2D eigenvalue weighted by Crippen LogP contribution is 2.44. The Morgan fingerprint density at radius 3 is 2.28 bits per heavy atom. The van der Waals surface area contributed by atoms with Crippen LogP contribution in [0, 0.1) is 28.4 Å². The van der Waals surface area contributed by atoms with E-state index in [0.717, 1.165) is 46.6 Å². The molecule has 0 aliphatic carbocycles. The molecular formula is C52H52F8N8O7S. The number of carbonyl (C=O) groups excluding carboxylic acids is 3. The molecule has 24 heteroatoms. The van der Waals surface area contributed by atoms with Gasteiger partial charge in [0.15, 0.2) is 16.7 Å². The number of benzene rings is 3. The number of nitrogens with zero attached hydrogens (tertiary/aromatic N) is 7. The Bertz CT molecular complexity index is 3070. The van der Waals surface area contributed by atoms with E-state index in [1.807, 2.05) is 30.3 Å². The van der Waals surface area contributed by atoms with Gasteiger partial charge in [-0.2, -0.15) is 31.6 Å². The average molecular weight is 1090 g/mol. The summed E-state index contributed by atoms with van der Waals surface area (Å²) in [6, 6.07) is 13.6. The van der Waals surface area contributed by atoms with Crippen LogP contribution in [-0.4, -0.2) is 103 Å². The van der Waals surface area contributed by atoms with Gasteiger partial charge in [0.2, 0.25) is 11.8 Å². The number of likely N-dealkylation sites (tertiary alicyclic amines) is 1. The second kappa shape index (κ2) is 21.9. The third-order valence-corrected chi connectivity index (χ3v) is 13.4. The number of anilines is 2. The maximum Gasteiger partial charge on any atom is 0.420 e. The number of nitrogens with one attached hydrogen (secondary N) is 1. The number of β-amino-alcohol motifs (C(OH)–C–C–N with tert-alkyl or cyclic N) is 1. The van der Waals surface area contributed by atoms with Gasteiger partial charge in [-0.05, 0) is 86.6 Å². The first-order valence-electron chi connectivity index (χ1n) is 23.7. The van der Waals surface area contributed by atoms with E-state index in [2.05, 4.69) is 15.3 Å². The van der Waals surface area contributed by atoms with Crippen LogP contribution >= 0.6 is 12.2 Å². The fourth-order valence-electron chi connectivity index (χ4n) is 9.17. The van der Waals surface area contributed by atoms with E-state index in [0.29, 0.717) is 29.3 Å². The molecule has 2 fully saturated rings. The minimum atomic E-state index is -5.34. The molecule has 2 aliphatic heterocycles. The van der Waals surface area contributed by atoms with Gasteiger partial charge in [-0.15, -0.1) is 0 Å². The number of carbonyl (C=O) groups is 3. The van der Waals surface area contributed by atoms with E-state index in [-0.39, 0.29) is 44.0 Å². The smallest absolute Gasteiger partial charge is 0.420 e. The molecule has 76 heavy (non-hydrogen) atoms. The van der Waals surface area contributed by atoms with E-state index in [1.54, 1.807) is 38.6 Å². The second-order valence-corrected chi connectivity index (χ2v) is 20.1. The summed E-state index contributed by atoms with van der Waals surface area (Å²) >= 11 is 5.38. The van der Waals surface area contributed by atoms with Crippen molar-refractivity contribution in [2.45, 2.75) is 96.1 Å². The van der Waals surface area contributed by atoms with Crippen LogP contribution in [0.3, 0.4) is 0 Å². The van der Waals surface area contributed by atoms with Gasteiger partial charge in [-0.25, -0.2) is 13.8 Å². The molecule has 2 aromatic heterocycles. The van der Waals surface area contributed by atoms with Crippen LogP contribution in [0.25, 0.3) is 22.5 Å². The summed E-state index contributed by atoms with van der Waals surface area (Å²) in [6.07, 6.45) is -9.46. The topological polar surface area (TPSA) is 186 Å². The molecule has 2 unspecified atom stereocenters. The molecule has 4 atom stereocenters. The lowest BCUT2D eigenvalue weighted by Crippen LogP contribution is -2.57. The highest BCUT2D eigenvalue weighted by Gasteiger charge is 2.53. The quantitative estimate of drug-likeness (QED) is 0.0486. The van der Waals surface area contributed by atoms with Gasteiger partial charge in [0.05, 0.1) is 65.4 Å². The molecule has 0 bridgehead atoms. The zero-order chi connectivity index (χ0) is 55.8. The van der Waals surface area contributed by atoms with Crippen molar-refractivity contribution in [3.05, 3.63) is 113 Å². The summed E-state index contributed by atoms with van der Waals surface area (Å²) in [6.45, 7) is 7.15. The van der Waals surface area contributed by atoms with Crippen molar-refractivity contribution in [3.8, 4) is 34.3 Å². The summed E-state index contributed by atoms with van der Waals surface area (Å²) in [5.41, 5.74) is -8.03. The predicted molar refractivity (Wildman–Crippen MR) is 264 cm³/mol. The van der Waals surface area contributed by atoms with Gasteiger partial charge >= 0.3 is 12.4 Å². The lowest BCUT2D eigenvalue weighted by Gasteiger charge is -2.36. The van der Waals surface area contributed by atoms with Crippen LogP contribution in [0.1, 0.15) is 82.5 Å². The maximum absolute atomic E-state index is 15.9. The van der Waals surface area contributed by atoms with Crippen LogP contribution < -0.4 is 19.9 Å². The number of aliphatic hydroxyl groups is 2. The van der Waals surface area contributed by atoms with Gasteiger partial charge in [0.1, 0.15) is 47.1 Å². The number of unbranched alkanes of at least 4 members (excludes halogenated alkanes) is 1. The molecule has 2 aliphatic rings. The van der Waals surface area contributed by atoms with Gasteiger partial charge in [0.25, 0.3) is 5.91 Å². The molecule has 0 radical (unpaired) electrons. The van der Waals surface area contributed by atoms with Gasteiger partial charge < -0.3 is 39.4 Å². The molecule has 7 rings (SSSR count). The lowest BCUT2D eigenvalue weighted by molar-refractivity contribution is -0.143. The molecule has 2 saturated heterocycles. The largest absolute Gasteiger partial charge is 0.494 e. The third kappa shape index (κ3) is 11.5. The molecule has 0 saturated carbocycles. The Balaban J connectivity index is 0.940. The summed E-state index contributed by atoms with van der Waals surface area (Å²) in [4.78, 5) is 52.0. The highest BCUT2D eigenvalue weighted by atomic mass is 32.1. The standard InChI is InChI=1S/C52H52F8N8O7S/c1-49(2,3)44(46(72)66-26-31(69)21-37(66)43(71)45-63-25-38(65(45)6)28-12-8-7-9-13-28)64-39(70)27-74-18-10-11-19-75-32-15-16-33(34(22-32)51(55,56)57)42-35(53)20-30(24-62-42)68-48(76)67(47(73)50(68,4)5)36-17-14-29(23-61)40(41(36)54)52(58,59)60/h7-9,12-17,20,22,24-25,31,37,43-44,69,71H,10-11,18-19,21,26-27H2,1-6H3,(H,64,70)/t31-,37?,43?,44-/m1/s1. The summed E-state index contributed by atoms with van der Waals surface area (Å²) in [5, 5.41) is 33.5. The SMILES string of the molecule is Cn1c(-c2ccccc2)cnc1C(O)C1C[C@@H](O)CN1C(=O)[C@@H](NC(=O)COCCCCOc1ccc(-c2ncc(N3C(=S)N(c4ccc(C#N)c(C(F)(F)F)c4F)C(=O)C3(C)C)cc2F)c(C(F)(F)F)c1)C(C)(C)C. The first kappa shape index (κ1) is 56.7. The number of pyridine rings is 1. The number of ether oxygens (including phenoxy) is 2. The molecule has 404 valence electrons. The minimum Gasteiger partial charge on any atom is -0.494 e. The third-order valence-electron chi connectivity index (χ3n) is 13.0. The summed E-state index contributed by atoms with van der Waals surface area (Å²) < 4.78 is 129. The summed E-state index contributed by atoms with van der Waals surface area (Å²) in [7, 11) is 1.74. The number of aliphatic hydroxyl groups excluding tert-OH is 2. The van der Waals surface area contributed by atoms with E-state index < -0.39 is 122 Å². The zero-order valence-corrected chi connectivity index (χ0v) is 42.6. The Labute approximate surface area is 436 Å². The maximum atomic E-state index is 15.9. The molecule has 15 nitrogen and oxygen atoms in total. The number of hydrogen-bond donors (Lipinski definition) is 3. The predicted octanol–water partition coefficient (Wildman–Crippen LogP) is 8.66. The Hall–Kier alpha value is -7.07. The molecule has 4 heterocycles. The van der Waals surface area contributed by atoms with E-state index >= 15 is 8.78 Å². The fourth-order valence-corrected chi connectivity index (χ4v) is 9.69. The number of rotatable bonds is 16. The molecular weight excluding hydrogens is 1030 g/mol. The van der Waals surface area contributed by atoms with Gasteiger partial charge in [0, 0.05) is 31.8 Å². The van der Waals surface area contributed by atoms with Gasteiger partial charge in [-0.1, -0.05) is 51.1 Å². The number of nitriles is 1.